The first-order chi connectivity index (χ1) is 8.07. The van der Waals surface area contributed by atoms with Crippen molar-refractivity contribution in [2.75, 3.05) is 5.32 Å². The minimum Gasteiger partial charge on any atom is -0.379 e. The van der Waals surface area contributed by atoms with Crippen LogP contribution in [0, 0.1) is 0 Å². The number of aromatic nitrogens is 1. The molecule has 0 spiro atoms. The normalized spacial score (nSPS) is 12.1. The van der Waals surface area contributed by atoms with Crippen LogP contribution in [0.1, 0.15) is 51.9 Å². The lowest BCUT2D eigenvalue weighted by molar-refractivity contribution is 0.0919. The molecule has 0 aliphatic heterocycles. The average Bonchev–Trinajstić information content (AvgIpc) is 2.12. The van der Waals surface area contributed by atoms with Crippen LogP contribution in [0.25, 0.3) is 0 Å². The van der Waals surface area contributed by atoms with E-state index in [9.17, 15) is 4.79 Å². The molecule has 0 saturated carbocycles. The smallest absolute Gasteiger partial charge is 0.253 e. The Hall–Kier alpha value is -1.58. The fourth-order valence-electron chi connectivity index (χ4n) is 1.48. The highest BCUT2D eigenvalue weighted by Crippen LogP contribution is 2.15. The summed E-state index contributed by atoms with van der Waals surface area (Å²) in [5.41, 5.74) is 1.12. The first-order valence-electron chi connectivity index (χ1n) is 6.13. The third kappa shape index (κ3) is 5.17. The highest BCUT2D eigenvalue weighted by atomic mass is 16.1. The van der Waals surface area contributed by atoms with E-state index in [1.807, 2.05) is 26.8 Å². The zero-order chi connectivity index (χ0) is 14.0. The minimum absolute atomic E-state index is 0.0548. The molecule has 100 valence electrons. The average molecular weight is 249 g/mol. The molecular weight excluding hydrogens is 226 g/mol. The second-order valence-electron chi connectivity index (χ2n) is 6.54. The van der Waals surface area contributed by atoms with Gasteiger partial charge in [-0.25, -0.2) is 0 Å². The van der Waals surface area contributed by atoms with Gasteiger partial charge in [-0.3, -0.25) is 9.78 Å². The SMILES string of the molecule is CC(C)(C)NC(=O)c1cncc(NC(C)(C)C)c1. The Balaban J connectivity index is 2.85. The van der Waals surface area contributed by atoms with Gasteiger partial charge in [-0.15, -0.1) is 0 Å². The Morgan fingerprint density at radius 3 is 2.17 bits per heavy atom. The van der Waals surface area contributed by atoms with Crippen molar-refractivity contribution in [3.63, 3.8) is 0 Å². The number of carbonyl (C=O) groups is 1. The number of nitrogens with one attached hydrogen (secondary N) is 2. The van der Waals surface area contributed by atoms with Gasteiger partial charge in [-0.1, -0.05) is 0 Å². The number of pyridine rings is 1. The summed E-state index contributed by atoms with van der Waals surface area (Å²) in [5, 5.41) is 6.22. The van der Waals surface area contributed by atoms with E-state index >= 15 is 0 Å². The molecular formula is C14H23N3O. The van der Waals surface area contributed by atoms with Crippen molar-refractivity contribution in [2.24, 2.45) is 0 Å². The quantitative estimate of drug-likeness (QED) is 0.847. The summed E-state index contributed by atoms with van der Waals surface area (Å²) in [6.45, 7) is 12.1. The molecule has 0 radical (unpaired) electrons. The molecule has 0 atom stereocenters. The molecule has 4 nitrogen and oxygen atoms in total. The van der Waals surface area contributed by atoms with Crippen LogP contribution in [0.15, 0.2) is 18.5 Å². The fraction of sp³-hybridized carbons (Fsp3) is 0.571. The van der Waals surface area contributed by atoms with E-state index < -0.39 is 0 Å². The molecule has 0 bridgehead atoms. The second kappa shape index (κ2) is 4.96. The Morgan fingerprint density at radius 1 is 1.06 bits per heavy atom. The highest BCUT2D eigenvalue weighted by Gasteiger charge is 2.16. The van der Waals surface area contributed by atoms with Crippen LogP contribution in [0.4, 0.5) is 5.69 Å². The van der Waals surface area contributed by atoms with Crippen LogP contribution >= 0.6 is 0 Å². The van der Waals surface area contributed by atoms with Gasteiger partial charge in [0.2, 0.25) is 0 Å². The minimum atomic E-state index is -0.245. The Labute approximate surface area is 109 Å². The van der Waals surface area contributed by atoms with Gasteiger partial charge in [0.05, 0.1) is 11.3 Å². The predicted molar refractivity (Wildman–Crippen MR) is 74.8 cm³/mol. The largest absolute Gasteiger partial charge is 0.379 e. The maximum atomic E-state index is 12.0. The number of carbonyl (C=O) groups excluding carboxylic acids is 1. The monoisotopic (exact) mass is 249 g/mol. The van der Waals surface area contributed by atoms with Crippen molar-refractivity contribution in [1.82, 2.24) is 10.3 Å². The van der Waals surface area contributed by atoms with Gasteiger partial charge in [0, 0.05) is 23.5 Å². The van der Waals surface area contributed by atoms with Crippen molar-refractivity contribution in [3.8, 4) is 0 Å². The lowest BCUT2D eigenvalue weighted by atomic mass is 10.1. The van der Waals surface area contributed by atoms with Crippen molar-refractivity contribution in [3.05, 3.63) is 24.0 Å². The fourth-order valence-corrected chi connectivity index (χ4v) is 1.48. The number of hydrogen-bond donors (Lipinski definition) is 2. The van der Waals surface area contributed by atoms with Crippen LogP contribution < -0.4 is 10.6 Å². The van der Waals surface area contributed by atoms with Crippen molar-refractivity contribution in [2.45, 2.75) is 52.6 Å². The van der Waals surface area contributed by atoms with Gasteiger partial charge in [0.15, 0.2) is 0 Å². The van der Waals surface area contributed by atoms with E-state index in [2.05, 4.69) is 36.4 Å². The molecule has 1 heterocycles. The first-order valence-corrected chi connectivity index (χ1v) is 6.13. The maximum absolute atomic E-state index is 12.0. The van der Waals surface area contributed by atoms with Gasteiger partial charge >= 0.3 is 0 Å². The number of hydrogen-bond acceptors (Lipinski definition) is 3. The highest BCUT2D eigenvalue weighted by molar-refractivity contribution is 5.95. The van der Waals surface area contributed by atoms with E-state index in [0.717, 1.165) is 5.69 Å². The Bertz CT molecular complexity index is 427. The molecule has 0 fully saturated rings. The molecule has 18 heavy (non-hydrogen) atoms. The van der Waals surface area contributed by atoms with Crippen LogP contribution in [0.5, 0.6) is 0 Å². The summed E-state index contributed by atoms with van der Waals surface area (Å²) >= 11 is 0. The van der Waals surface area contributed by atoms with Gasteiger partial charge in [0.1, 0.15) is 0 Å². The van der Waals surface area contributed by atoms with Gasteiger partial charge in [-0.05, 0) is 47.6 Å². The molecule has 4 heteroatoms. The number of amides is 1. The maximum Gasteiger partial charge on any atom is 0.253 e. The van der Waals surface area contributed by atoms with Crippen molar-refractivity contribution >= 4 is 11.6 Å². The first kappa shape index (κ1) is 14.5. The molecule has 0 saturated heterocycles. The Morgan fingerprint density at radius 2 is 1.67 bits per heavy atom. The summed E-state index contributed by atoms with van der Waals surface area (Å²) in [6.07, 6.45) is 3.30. The molecule has 0 aliphatic rings. The lowest BCUT2D eigenvalue weighted by Gasteiger charge is -2.23. The standard InChI is InChI=1S/C14H23N3O/c1-13(2,3)16-11-7-10(8-15-9-11)12(18)17-14(4,5)6/h7-9,16H,1-6H3,(H,17,18). The molecule has 1 amide bonds. The summed E-state index contributed by atoms with van der Waals surface area (Å²) < 4.78 is 0. The molecule has 1 aromatic heterocycles. The zero-order valence-electron chi connectivity index (χ0n) is 12.1. The number of rotatable bonds is 2. The molecule has 2 N–H and O–H groups in total. The van der Waals surface area contributed by atoms with Gasteiger partial charge in [-0.2, -0.15) is 0 Å². The molecule has 0 aliphatic carbocycles. The van der Waals surface area contributed by atoms with Crippen LogP contribution in [-0.4, -0.2) is 22.0 Å². The summed E-state index contributed by atoms with van der Waals surface area (Å²) in [7, 11) is 0. The van der Waals surface area contributed by atoms with Crippen LogP contribution in [0.3, 0.4) is 0 Å². The number of anilines is 1. The zero-order valence-corrected chi connectivity index (χ0v) is 12.1. The Kier molecular flexibility index (Phi) is 3.99. The third-order valence-corrected chi connectivity index (χ3v) is 2.01. The van der Waals surface area contributed by atoms with E-state index in [4.69, 9.17) is 0 Å². The van der Waals surface area contributed by atoms with Gasteiger partial charge in [0.25, 0.3) is 5.91 Å². The number of nitrogens with zero attached hydrogens (tertiary/aromatic N) is 1. The predicted octanol–water partition coefficient (Wildman–Crippen LogP) is 2.82. The summed E-state index contributed by atoms with van der Waals surface area (Å²) in [4.78, 5) is 16.1. The van der Waals surface area contributed by atoms with E-state index in [1.54, 1.807) is 12.4 Å². The topological polar surface area (TPSA) is 54.0 Å². The van der Waals surface area contributed by atoms with E-state index in [0.29, 0.717) is 5.56 Å². The van der Waals surface area contributed by atoms with Crippen molar-refractivity contribution < 1.29 is 4.79 Å². The van der Waals surface area contributed by atoms with E-state index in [1.165, 1.54) is 0 Å². The summed E-state index contributed by atoms with van der Waals surface area (Å²) in [5.74, 6) is -0.104. The molecule has 0 aromatic carbocycles. The summed E-state index contributed by atoms with van der Waals surface area (Å²) in [6, 6.07) is 1.82. The van der Waals surface area contributed by atoms with Crippen molar-refractivity contribution in [1.29, 1.82) is 0 Å². The third-order valence-electron chi connectivity index (χ3n) is 2.01. The van der Waals surface area contributed by atoms with Crippen LogP contribution in [0.2, 0.25) is 0 Å². The van der Waals surface area contributed by atoms with Crippen LogP contribution in [-0.2, 0) is 0 Å². The lowest BCUT2D eigenvalue weighted by Crippen LogP contribution is -2.40. The van der Waals surface area contributed by atoms with Gasteiger partial charge < -0.3 is 10.6 Å². The van der Waals surface area contributed by atoms with E-state index in [-0.39, 0.29) is 17.0 Å². The second-order valence-corrected chi connectivity index (χ2v) is 6.54. The molecule has 1 aromatic rings. The molecule has 0 unspecified atom stereocenters. The molecule has 1 rings (SSSR count).